The number of aromatic amines is 1. The average Bonchev–Trinajstić information content (AvgIpc) is 2.78. The van der Waals surface area contributed by atoms with Crippen molar-refractivity contribution in [3.63, 3.8) is 0 Å². The summed E-state index contributed by atoms with van der Waals surface area (Å²) >= 11 is 6.95. The Morgan fingerprint density at radius 2 is 2.00 bits per heavy atom. The van der Waals surface area contributed by atoms with Crippen molar-refractivity contribution in [2.45, 2.75) is 18.2 Å². The molecular weight excluding hydrogens is 452 g/mol. The second kappa shape index (κ2) is 8.86. The summed E-state index contributed by atoms with van der Waals surface area (Å²) in [6.45, 7) is 1.64. The lowest BCUT2D eigenvalue weighted by atomic mass is 10.1. The number of hydrogen-bond acceptors (Lipinski definition) is 7. The molecule has 1 aliphatic rings. The molecule has 1 atom stereocenters. The van der Waals surface area contributed by atoms with Crippen LogP contribution in [0, 0.1) is 11.3 Å². The maximum Gasteiger partial charge on any atom is 0.270 e. The first-order valence-corrected chi connectivity index (χ1v) is 10.8. The molecule has 0 radical (unpaired) electrons. The first kappa shape index (κ1) is 21.6. The maximum absolute atomic E-state index is 12.7. The summed E-state index contributed by atoms with van der Waals surface area (Å²) in [4.78, 5) is 43.8. The summed E-state index contributed by atoms with van der Waals surface area (Å²) in [5.74, 6) is -0.0397. The number of amides is 1. The standard InChI is InChI=1S/C22H15ClN4O4S/c1-11-20(29)25-16-8-13(4-7-18(16)31-11)17(28)10-32-22-26-19(15(9-24)21(30)27-22)12-2-5-14(23)6-3-12/h2-8,11H,10H2,1H3,(H,25,29)(H,26,27,30)/t11-/m0/s1. The molecule has 32 heavy (non-hydrogen) atoms. The van der Waals surface area contributed by atoms with E-state index in [4.69, 9.17) is 16.3 Å². The van der Waals surface area contributed by atoms with Crippen LogP contribution < -0.4 is 15.6 Å². The highest BCUT2D eigenvalue weighted by atomic mass is 35.5. The summed E-state index contributed by atoms with van der Waals surface area (Å²) in [6, 6.07) is 13.3. The van der Waals surface area contributed by atoms with Crippen molar-refractivity contribution < 1.29 is 14.3 Å². The fraction of sp³-hybridized carbons (Fsp3) is 0.136. The number of ether oxygens (including phenoxy) is 1. The second-order valence-corrected chi connectivity index (χ2v) is 8.29. The molecule has 3 aromatic rings. The zero-order valence-electron chi connectivity index (χ0n) is 16.6. The Kier molecular flexibility index (Phi) is 5.99. The third-order valence-corrected chi connectivity index (χ3v) is 5.82. The summed E-state index contributed by atoms with van der Waals surface area (Å²) < 4.78 is 5.49. The lowest BCUT2D eigenvalue weighted by Crippen LogP contribution is -2.34. The average molecular weight is 467 g/mol. The van der Waals surface area contributed by atoms with Crippen LogP contribution in [0.4, 0.5) is 5.69 Å². The molecule has 0 bridgehead atoms. The highest BCUT2D eigenvalue weighted by molar-refractivity contribution is 7.99. The molecule has 1 aliphatic heterocycles. The first-order valence-electron chi connectivity index (χ1n) is 9.43. The van der Waals surface area contributed by atoms with Gasteiger partial charge in [0.1, 0.15) is 17.4 Å². The number of thioether (sulfide) groups is 1. The fourth-order valence-corrected chi connectivity index (χ4v) is 3.92. The number of Topliss-reactive ketones (excluding diaryl/α,β-unsaturated/α-hetero) is 1. The molecule has 160 valence electrons. The minimum atomic E-state index is -0.603. The van der Waals surface area contributed by atoms with E-state index in [2.05, 4.69) is 15.3 Å². The van der Waals surface area contributed by atoms with E-state index in [0.717, 1.165) is 11.8 Å². The Bertz CT molecular complexity index is 1330. The molecule has 1 aromatic heterocycles. The van der Waals surface area contributed by atoms with Gasteiger partial charge in [-0.05, 0) is 37.3 Å². The van der Waals surface area contributed by atoms with Gasteiger partial charge in [-0.15, -0.1) is 0 Å². The summed E-state index contributed by atoms with van der Waals surface area (Å²) in [6.07, 6.45) is -0.603. The third-order valence-electron chi connectivity index (χ3n) is 4.70. The van der Waals surface area contributed by atoms with Crippen LogP contribution in [-0.2, 0) is 4.79 Å². The molecule has 4 rings (SSSR count). The number of rotatable bonds is 5. The van der Waals surface area contributed by atoms with E-state index in [-0.39, 0.29) is 33.9 Å². The van der Waals surface area contributed by atoms with E-state index in [1.807, 2.05) is 6.07 Å². The Morgan fingerprint density at radius 1 is 1.25 bits per heavy atom. The molecule has 2 aromatic carbocycles. The molecule has 1 amide bonds. The zero-order valence-corrected chi connectivity index (χ0v) is 18.2. The number of halogens is 1. The SMILES string of the molecule is C[C@@H]1Oc2ccc(C(=O)CSc3nc(-c4ccc(Cl)cc4)c(C#N)c(=O)[nH]3)cc2NC1=O. The van der Waals surface area contributed by atoms with Gasteiger partial charge in [-0.3, -0.25) is 14.4 Å². The van der Waals surface area contributed by atoms with E-state index >= 15 is 0 Å². The molecule has 0 aliphatic carbocycles. The zero-order chi connectivity index (χ0) is 22.8. The Balaban J connectivity index is 1.55. The van der Waals surface area contributed by atoms with Crippen molar-refractivity contribution in [2.75, 3.05) is 11.1 Å². The van der Waals surface area contributed by atoms with E-state index in [1.54, 1.807) is 49.4 Å². The molecule has 0 fully saturated rings. The largest absolute Gasteiger partial charge is 0.479 e. The van der Waals surface area contributed by atoms with Gasteiger partial charge in [-0.1, -0.05) is 35.5 Å². The van der Waals surface area contributed by atoms with E-state index in [0.29, 0.717) is 27.6 Å². The van der Waals surface area contributed by atoms with Crippen LogP contribution in [0.5, 0.6) is 5.75 Å². The van der Waals surface area contributed by atoms with Gasteiger partial charge in [0.25, 0.3) is 11.5 Å². The Hall–Kier alpha value is -3.61. The van der Waals surface area contributed by atoms with E-state index in [1.165, 1.54) is 0 Å². The molecule has 0 spiro atoms. The van der Waals surface area contributed by atoms with Gasteiger partial charge < -0.3 is 15.0 Å². The van der Waals surface area contributed by atoms with Crippen LogP contribution >= 0.6 is 23.4 Å². The Morgan fingerprint density at radius 3 is 2.72 bits per heavy atom. The van der Waals surface area contributed by atoms with Crippen molar-refractivity contribution in [3.8, 4) is 23.1 Å². The van der Waals surface area contributed by atoms with Crippen molar-refractivity contribution in [3.05, 3.63) is 69.0 Å². The van der Waals surface area contributed by atoms with Crippen LogP contribution in [0.1, 0.15) is 22.8 Å². The number of nitrogens with one attached hydrogen (secondary N) is 2. The molecule has 2 heterocycles. The molecule has 0 unspecified atom stereocenters. The highest BCUT2D eigenvalue weighted by Crippen LogP contribution is 2.31. The van der Waals surface area contributed by atoms with Crippen LogP contribution in [0.25, 0.3) is 11.3 Å². The van der Waals surface area contributed by atoms with E-state index < -0.39 is 11.7 Å². The maximum atomic E-state index is 12.7. The van der Waals surface area contributed by atoms with Crippen LogP contribution in [0.3, 0.4) is 0 Å². The van der Waals surface area contributed by atoms with Gasteiger partial charge in [0.2, 0.25) is 0 Å². The minimum Gasteiger partial charge on any atom is -0.479 e. The van der Waals surface area contributed by atoms with Gasteiger partial charge in [-0.2, -0.15) is 5.26 Å². The molecular formula is C22H15ClN4O4S. The quantitative estimate of drug-likeness (QED) is 0.334. The minimum absolute atomic E-state index is 0.0150. The van der Waals surface area contributed by atoms with Crippen LogP contribution in [-0.4, -0.2) is 33.5 Å². The van der Waals surface area contributed by atoms with Crippen molar-refractivity contribution in [1.82, 2.24) is 9.97 Å². The van der Waals surface area contributed by atoms with Crippen molar-refractivity contribution in [2.24, 2.45) is 0 Å². The molecule has 2 N–H and O–H groups in total. The van der Waals surface area contributed by atoms with Crippen LogP contribution in [0.2, 0.25) is 5.02 Å². The van der Waals surface area contributed by atoms with Gasteiger partial charge in [0, 0.05) is 16.1 Å². The van der Waals surface area contributed by atoms with Crippen molar-refractivity contribution >= 4 is 40.7 Å². The number of H-pyrrole nitrogens is 1. The lowest BCUT2D eigenvalue weighted by molar-refractivity contribution is -0.122. The molecule has 0 saturated carbocycles. The Labute approximate surface area is 191 Å². The molecule has 0 saturated heterocycles. The number of ketones is 1. The number of nitriles is 1. The molecule has 10 heteroatoms. The predicted molar refractivity (Wildman–Crippen MR) is 120 cm³/mol. The van der Waals surface area contributed by atoms with Gasteiger partial charge in [0.15, 0.2) is 17.0 Å². The fourth-order valence-electron chi connectivity index (χ4n) is 3.04. The predicted octanol–water partition coefficient (Wildman–Crippen LogP) is 3.66. The van der Waals surface area contributed by atoms with E-state index in [9.17, 15) is 19.6 Å². The number of hydrogen-bond donors (Lipinski definition) is 2. The number of aromatic nitrogens is 2. The number of carbonyl (C=O) groups is 2. The summed E-state index contributed by atoms with van der Waals surface area (Å²) in [5.41, 5.74) is 0.867. The highest BCUT2D eigenvalue weighted by Gasteiger charge is 2.24. The monoisotopic (exact) mass is 466 g/mol. The smallest absolute Gasteiger partial charge is 0.270 e. The van der Waals surface area contributed by atoms with Gasteiger partial charge in [0.05, 0.1) is 17.1 Å². The second-order valence-electron chi connectivity index (χ2n) is 6.89. The third kappa shape index (κ3) is 4.37. The lowest BCUT2D eigenvalue weighted by Gasteiger charge is -2.23. The first-order chi connectivity index (χ1) is 15.4. The number of carbonyl (C=O) groups excluding carboxylic acids is 2. The number of anilines is 1. The topological polar surface area (TPSA) is 125 Å². The normalized spacial score (nSPS) is 14.7. The number of benzene rings is 2. The van der Waals surface area contributed by atoms with Crippen LogP contribution in [0.15, 0.2) is 52.4 Å². The molecule has 8 nitrogen and oxygen atoms in total. The summed E-state index contributed by atoms with van der Waals surface area (Å²) in [5, 5.41) is 12.8. The van der Waals surface area contributed by atoms with Gasteiger partial charge >= 0.3 is 0 Å². The number of fused-ring (bicyclic) bond motifs is 1. The van der Waals surface area contributed by atoms with Gasteiger partial charge in [-0.25, -0.2) is 4.98 Å². The summed E-state index contributed by atoms with van der Waals surface area (Å²) in [7, 11) is 0. The number of nitrogens with zero attached hydrogens (tertiary/aromatic N) is 2. The van der Waals surface area contributed by atoms with Crippen molar-refractivity contribution in [1.29, 1.82) is 5.26 Å².